The van der Waals surface area contributed by atoms with Crippen LogP contribution < -0.4 is 9.64 Å². The van der Waals surface area contributed by atoms with E-state index in [1.54, 1.807) is 22.8 Å². The number of aryl methyl sites for hydroxylation is 2. The summed E-state index contributed by atoms with van der Waals surface area (Å²) in [6.45, 7) is 7.14. The minimum atomic E-state index is -3.60. The number of fused-ring (bicyclic) bond motifs is 2. The van der Waals surface area contributed by atoms with Crippen LogP contribution in [-0.4, -0.2) is 55.0 Å². The predicted molar refractivity (Wildman–Crippen MR) is 103 cm³/mol. The number of anilines is 1. The monoisotopic (exact) mass is 388 g/mol. The van der Waals surface area contributed by atoms with Crippen molar-refractivity contribution in [3.63, 3.8) is 0 Å². The van der Waals surface area contributed by atoms with Gasteiger partial charge in [-0.05, 0) is 44.9 Å². The average molecular weight is 388 g/mol. The predicted octanol–water partition coefficient (Wildman–Crippen LogP) is 2.06. The summed E-state index contributed by atoms with van der Waals surface area (Å²) in [6.07, 6.45) is 2.46. The van der Waals surface area contributed by atoms with Crippen LogP contribution in [0.5, 0.6) is 5.75 Å². The van der Waals surface area contributed by atoms with Crippen molar-refractivity contribution < 1.29 is 13.2 Å². The van der Waals surface area contributed by atoms with Crippen LogP contribution in [0.4, 0.5) is 5.82 Å². The van der Waals surface area contributed by atoms with Gasteiger partial charge in [0.2, 0.25) is 10.0 Å². The molecule has 2 unspecified atom stereocenters. The van der Waals surface area contributed by atoms with Gasteiger partial charge < -0.3 is 9.64 Å². The van der Waals surface area contributed by atoms with Crippen molar-refractivity contribution >= 4 is 15.8 Å². The van der Waals surface area contributed by atoms with Crippen LogP contribution in [0.3, 0.4) is 0 Å². The molecule has 3 saturated heterocycles. The molecule has 3 aliphatic rings. The fourth-order valence-corrected chi connectivity index (χ4v) is 6.14. The second-order valence-electron chi connectivity index (χ2n) is 7.35. The summed E-state index contributed by atoms with van der Waals surface area (Å²) < 4.78 is 33.6. The van der Waals surface area contributed by atoms with Gasteiger partial charge >= 0.3 is 0 Å². The van der Waals surface area contributed by atoms with Crippen LogP contribution in [0.1, 0.15) is 23.2 Å². The van der Waals surface area contributed by atoms with E-state index >= 15 is 0 Å². The Kier molecular flexibility index (Phi) is 4.35. The smallest absolute Gasteiger partial charge is 0.247 e. The zero-order chi connectivity index (χ0) is 19.3. The van der Waals surface area contributed by atoms with Gasteiger partial charge in [0, 0.05) is 36.4 Å². The first-order chi connectivity index (χ1) is 12.8. The second-order valence-corrected chi connectivity index (χ2v) is 9.16. The lowest BCUT2D eigenvalue weighted by molar-refractivity contribution is 0.0871. The number of rotatable bonds is 4. The van der Waals surface area contributed by atoms with E-state index in [-0.39, 0.29) is 17.0 Å². The van der Waals surface area contributed by atoms with Crippen molar-refractivity contribution in [2.24, 2.45) is 0 Å². The van der Waals surface area contributed by atoms with Gasteiger partial charge in [0.15, 0.2) is 0 Å². The van der Waals surface area contributed by atoms with Crippen molar-refractivity contribution in [2.75, 3.05) is 25.1 Å². The maximum atomic E-state index is 13.3. The molecule has 0 spiro atoms. The zero-order valence-electron chi connectivity index (χ0n) is 16.0. The number of hydrogen-bond acceptors (Lipinski definition) is 6. The van der Waals surface area contributed by atoms with Crippen LogP contribution in [0.25, 0.3) is 0 Å². The highest BCUT2D eigenvalue weighted by molar-refractivity contribution is 7.89. The highest BCUT2D eigenvalue weighted by Gasteiger charge is 2.52. The van der Waals surface area contributed by atoms with Gasteiger partial charge in [-0.15, -0.1) is 0 Å². The maximum Gasteiger partial charge on any atom is 0.247 e. The number of nitrogens with zero attached hydrogens (tertiary/aromatic N) is 4. The molecule has 2 aromatic rings. The minimum absolute atomic E-state index is 0.0476. The molecular formula is C19H24N4O3S. The quantitative estimate of drug-likeness (QED) is 0.798. The summed E-state index contributed by atoms with van der Waals surface area (Å²) in [7, 11) is -2.10. The number of methoxy groups -OCH3 is 1. The van der Waals surface area contributed by atoms with Gasteiger partial charge in [0.1, 0.15) is 22.8 Å². The third-order valence-electron chi connectivity index (χ3n) is 5.61. The molecule has 2 atom stereocenters. The van der Waals surface area contributed by atoms with Crippen LogP contribution >= 0.6 is 0 Å². The maximum absolute atomic E-state index is 13.3. The number of ether oxygens (including phenoxy) is 1. The molecule has 5 rings (SSSR count). The Morgan fingerprint density at radius 2 is 1.81 bits per heavy atom. The molecule has 0 aliphatic carbocycles. The van der Waals surface area contributed by atoms with Crippen LogP contribution in [0, 0.1) is 20.8 Å². The number of hydrogen-bond donors (Lipinski definition) is 0. The molecule has 0 radical (unpaired) electrons. The molecule has 2 bridgehead atoms. The van der Waals surface area contributed by atoms with E-state index in [2.05, 4.69) is 14.9 Å². The number of aromatic nitrogens is 2. The summed E-state index contributed by atoms with van der Waals surface area (Å²) in [6, 6.07) is 5.17. The second kappa shape index (κ2) is 6.45. The lowest BCUT2D eigenvalue weighted by Crippen LogP contribution is -2.70. The first-order valence-corrected chi connectivity index (χ1v) is 10.5. The molecule has 7 nitrogen and oxygen atoms in total. The fourth-order valence-electron chi connectivity index (χ4n) is 4.08. The first-order valence-electron chi connectivity index (χ1n) is 9.04. The van der Waals surface area contributed by atoms with Gasteiger partial charge in [-0.3, -0.25) is 0 Å². The lowest BCUT2D eigenvalue weighted by Gasteiger charge is -2.55. The Labute approximate surface area is 160 Å². The van der Waals surface area contributed by atoms with Gasteiger partial charge in [-0.25, -0.2) is 18.4 Å². The highest BCUT2D eigenvalue weighted by Crippen LogP contribution is 2.41. The van der Waals surface area contributed by atoms with E-state index in [4.69, 9.17) is 4.74 Å². The Bertz CT molecular complexity index is 980. The van der Waals surface area contributed by atoms with Crippen LogP contribution in [-0.2, 0) is 10.0 Å². The van der Waals surface area contributed by atoms with Gasteiger partial charge in [0.25, 0.3) is 0 Å². The molecule has 1 aromatic carbocycles. The fraction of sp³-hybridized carbons (Fsp3) is 0.474. The van der Waals surface area contributed by atoms with Crippen molar-refractivity contribution in [1.29, 1.82) is 0 Å². The standard InChI is InChI=1S/C19H24N4O3S/c1-12-5-6-17(26-4)18(7-12)27(24,25)23-15-8-16(23)10-22(9-15)19-13(2)14(3)20-11-21-19/h5-7,11,15-16H,8-10H2,1-4H3. The Hall–Kier alpha value is -2.19. The SMILES string of the molecule is COc1ccc(C)cc1S(=O)(=O)N1C2CC1CN(c1ncnc(C)c1C)C2. The van der Waals surface area contributed by atoms with E-state index in [1.165, 1.54) is 7.11 Å². The number of benzene rings is 1. The Balaban J connectivity index is 1.62. The molecule has 4 heterocycles. The normalized spacial score (nSPS) is 22.4. The van der Waals surface area contributed by atoms with Gasteiger partial charge in [0.05, 0.1) is 7.11 Å². The summed E-state index contributed by atoms with van der Waals surface area (Å²) in [5.41, 5.74) is 2.90. The van der Waals surface area contributed by atoms with Crippen molar-refractivity contribution in [3.05, 3.63) is 41.3 Å². The van der Waals surface area contributed by atoms with Crippen LogP contribution in [0.2, 0.25) is 0 Å². The third kappa shape index (κ3) is 2.87. The van der Waals surface area contributed by atoms with E-state index < -0.39 is 10.0 Å². The third-order valence-corrected chi connectivity index (χ3v) is 7.64. The van der Waals surface area contributed by atoms with E-state index in [0.29, 0.717) is 18.8 Å². The summed E-state index contributed by atoms with van der Waals surface area (Å²) in [4.78, 5) is 11.1. The summed E-state index contributed by atoms with van der Waals surface area (Å²) >= 11 is 0. The molecule has 0 amide bonds. The minimum Gasteiger partial charge on any atom is -0.495 e. The zero-order valence-corrected chi connectivity index (χ0v) is 16.8. The molecule has 3 aliphatic heterocycles. The van der Waals surface area contributed by atoms with Crippen molar-refractivity contribution in [3.8, 4) is 5.75 Å². The number of piperazine rings is 1. The Morgan fingerprint density at radius 1 is 1.11 bits per heavy atom. The molecule has 0 N–H and O–H groups in total. The van der Waals surface area contributed by atoms with Crippen molar-refractivity contribution in [2.45, 2.75) is 44.2 Å². The molecular weight excluding hydrogens is 364 g/mol. The number of piperidine rings is 1. The first kappa shape index (κ1) is 18.2. The summed E-state index contributed by atoms with van der Waals surface area (Å²) in [5.74, 6) is 1.30. The molecule has 27 heavy (non-hydrogen) atoms. The lowest BCUT2D eigenvalue weighted by atomic mass is 9.91. The van der Waals surface area contributed by atoms with Gasteiger partial charge in [-0.2, -0.15) is 4.31 Å². The molecule has 8 heteroatoms. The van der Waals surface area contributed by atoms with Crippen LogP contribution in [0.15, 0.2) is 29.4 Å². The van der Waals surface area contributed by atoms with E-state index in [0.717, 1.165) is 29.1 Å². The van der Waals surface area contributed by atoms with Crippen molar-refractivity contribution in [1.82, 2.24) is 14.3 Å². The summed E-state index contributed by atoms with van der Waals surface area (Å²) in [5, 5.41) is 0. The average Bonchev–Trinajstić information content (AvgIpc) is 2.63. The largest absolute Gasteiger partial charge is 0.495 e. The Morgan fingerprint density at radius 3 is 2.48 bits per heavy atom. The van der Waals surface area contributed by atoms with Gasteiger partial charge in [-0.1, -0.05) is 6.07 Å². The highest BCUT2D eigenvalue weighted by atomic mass is 32.2. The topological polar surface area (TPSA) is 75.6 Å². The molecule has 3 fully saturated rings. The van der Waals surface area contributed by atoms with E-state index in [1.807, 2.05) is 26.8 Å². The molecule has 0 saturated carbocycles. The molecule has 1 aromatic heterocycles. The molecule has 144 valence electrons. The number of sulfonamides is 1. The van der Waals surface area contributed by atoms with E-state index in [9.17, 15) is 8.42 Å².